The molecule has 8 heteroatoms. The predicted octanol–water partition coefficient (Wildman–Crippen LogP) is 0.193. The highest BCUT2D eigenvalue weighted by Gasteiger charge is 2.28. The van der Waals surface area contributed by atoms with Gasteiger partial charge in [0.2, 0.25) is 0 Å². The van der Waals surface area contributed by atoms with Gasteiger partial charge in [-0.05, 0) is 13.8 Å². The van der Waals surface area contributed by atoms with Gasteiger partial charge in [0.05, 0.1) is 31.8 Å². The minimum Gasteiger partial charge on any atom is -0.462 e. The molecule has 4 N–H and O–H groups in total. The Labute approximate surface area is 154 Å². The number of aliphatic hydroxyl groups is 4. The minimum absolute atomic E-state index is 0.0569. The van der Waals surface area contributed by atoms with E-state index >= 15 is 0 Å². The van der Waals surface area contributed by atoms with Gasteiger partial charge in [0, 0.05) is 16.6 Å². The van der Waals surface area contributed by atoms with Crippen LogP contribution >= 0.6 is 0 Å². The Kier molecular flexibility index (Phi) is 12.8. The maximum absolute atomic E-state index is 11.2. The summed E-state index contributed by atoms with van der Waals surface area (Å²) in [6, 6.07) is 0. The fourth-order valence-electron chi connectivity index (χ4n) is 1.01. The van der Waals surface area contributed by atoms with Gasteiger partial charge in [-0.3, -0.25) is 0 Å². The zero-order valence-corrected chi connectivity index (χ0v) is 16.1. The molecule has 0 aromatic rings. The van der Waals surface area contributed by atoms with E-state index in [1.807, 2.05) is 0 Å². The number of hydrogen-bond acceptors (Lipinski definition) is 8. The summed E-state index contributed by atoms with van der Waals surface area (Å²) in [5.41, 5.74) is -1.00. The quantitative estimate of drug-likeness (QED) is 0.314. The van der Waals surface area contributed by atoms with Crippen LogP contribution in [0.25, 0.3) is 0 Å². The van der Waals surface area contributed by atoms with Crippen molar-refractivity contribution in [3.63, 3.8) is 0 Å². The van der Waals surface area contributed by atoms with Crippen LogP contribution in [0.1, 0.15) is 27.7 Å². The van der Waals surface area contributed by atoms with E-state index in [2.05, 4.69) is 13.2 Å². The Morgan fingerprint density at radius 1 is 0.731 bits per heavy atom. The third-order valence-corrected chi connectivity index (χ3v) is 3.33. The maximum atomic E-state index is 11.2. The van der Waals surface area contributed by atoms with Crippen LogP contribution in [0.15, 0.2) is 24.3 Å². The molecule has 0 atom stereocenters. The normalized spacial score (nSPS) is 11.1. The van der Waals surface area contributed by atoms with E-state index in [-0.39, 0.29) is 50.8 Å². The monoisotopic (exact) mass is 376 g/mol. The van der Waals surface area contributed by atoms with Crippen molar-refractivity contribution < 1.29 is 39.5 Å². The van der Waals surface area contributed by atoms with Gasteiger partial charge >= 0.3 is 11.9 Å². The third kappa shape index (κ3) is 11.0. The van der Waals surface area contributed by atoms with Crippen LogP contribution in [0.2, 0.25) is 0 Å². The number of ether oxygens (including phenoxy) is 2. The lowest BCUT2D eigenvalue weighted by Gasteiger charge is -2.26. The van der Waals surface area contributed by atoms with Crippen LogP contribution in [0.5, 0.6) is 0 Å². The minimum atomic E-state index is -0.837. The first-order valence-electron chi connectivity index (χ1n) is 7.99. The number of esters is 2. The summed E-state index contributed by atoms with van der Waals surface area (Å²) in [6.07, 6.45) is 0. The molecule has 0 aromatic carbocycles. The van der Waals surface area contributed by atoms with Crippen LogP contribution in [-0.4, -0.2) is 72.0 Å². The van der Waals surface area contributed by atoms with Gasteiger partial charge in [0.1, 0.15) is 13.2 Å². The Morgan fingerprint density at radius 2 is 1.00 bits per heavy atom. The van der Waals surface area contributed by atoms with Crippen molar-refractivity contribution >= 4 is 11.9 Å². The Balaban J connectivity index is 0. The molecule has 0 aromatic heterocycles. The molecule has 0 saturated heterocycles. The standard InChI is InChI=1S/C13H20O5.C5H12O3/c1-9(2)11(15)17-7-13(5,6-14)8-18-12(16)10(3)4;1-5(2-6,3-7)4-8/h14H,1,3,6-8H2,2,4-5H3;6-8H,2-4H2,1H3. The molecule has 0 amide bonds. The highest BCUT2D eigenvalue weighted by Crippen LogP contribution is 2.18. The van der Waals surface area contributed by atoms with E-state index in [1.165, 1.54) is 13.8 Å². The second-order valence-corrected chi connectivity index (χ2v) is 6.97. The summed E-state index contributed by atoms with van der Waals surface area (Å²) in [4.78, 5) is 22.5. The molecule has 152 valence electrons. The molecule has 0 aliphatic heterocycles. The van der Waals surface area contributed by atoms with Crippen molar-refractivity contribution in [3.05, 3.63) is 24.3 Å². The van der Waals surface area contributed by atoms with E-state index in [1.54, 1.807) is 13.8 Å². The van der Waals surface area contributed by atoms with Crippen molar-refractivity contribution in [1.82, 2.24) is 0 Å². The van der Waals surface area contributed by atoms with Gasteiger partial charge in [-0.2, -0.15) is 0 Å². The number of hydrogen-bond donors (Lipinski definition) is 4. The second-order valence-electron chi connectivity index (χ2n) is 6.97. The van der Waals surface area contributed by atoms with Crippen molar-refractivity contribution in [1.29, 1.82) is 0 Å². The number of aliphatic hydroxyl groups excluding tert-OH is 4. The van der Waals surface area contributed by atoms with Crippen molar-refractivity contribution in [2.75, 3.05) is 39.6 Å². The van der Waals surface area contributed by atoms with E-state index in [0.29, 0.717) is 0 Å². The van der Waals surface area contributed by atoms with Crippen LogP contribution < -0.4 is 0 Å². The molecule has 0 radical (unpaired) electrons. The lowest BCUT2D eigenvalue weighted by Crippen LogP contribution is -2.35. The Morgan fingerprint density at radius 3 is 1.15 bits per heavy atom. The molecule has 0 heterocycles. The zero-order chi connectivity index (χ0) is 21.0. The summed E-state index contributed by atoms with van der Waals surface area (Å²) in [5.74, 6) is -1.08. The van der Waals surface area contributed by atoms with Crippen molar-refractivity contribution in [2.24, 2.45) is 10.8 Å². The summed E-state index contributed by atoms with van der Waals surface area (Å²) >= 11 is 0. The predicted molar refractivity (Wildman–Crippen MR) is 96.1 cm³/mol. The van der Waals surface area contributed by atoms with E-state index < -0.39 is 22.8 Å². The van der Waals surface area contributed by atoms with Crippen LogP contribution in [0, 0.1) is 10.8 Å². The fraction of sp³-hybridized carbons (Fsp3) is 0.667. The molecule has 0 rings (SSSR count). The first-order chi connectivity index (χ1) is 11.9. The molecular formula is C18H32O8. The molecule has 0 aliphatic rings. The molecule has 0 bridgehead atoms. The van der Waals surface area contributed by atoms with E-state index in [0.717, 1.165) is 0 Å². The maximum Gasteiger partial charge on any atom is 0.333 e. The summed E-state index contributed by atoms with van der Waals surface area (Å²) in [6.45, 7) is 12.3. The summed E-state index contributed by atoms with van der Waals surface area (Å²) in [5, 5.41) is 34.7. The molecule has 0 saturated carbocycles. The van der Waals surface area contributed by atoms with E-state index in [9.17, 15) is 14.7 Å². The fourth-order valence-corrected chi connectivity index (χ4v) is 1.01. The van der Waals surface area contributed by atoms with Crippen LogP contribution in [0.4, 0.5) is 0 Å². The average Bonchev–Trinajstić information content (AvgIpc) is 2.63. The van der Waals surface area contributed by atoms with Gasteiger partial charge in [0.15, 0.2) is 0 Å². The lowest BCUT2D eigenvalue weighted by molar-refractivity contribution is -0.150. The lowest BCUT2D eigenvalue weighted by atomic mass is 9.94. The first kappa shape index (κ1) is 26.5. The van der Waals surface area contributed by atoms with E-state index in [4.69, 9.17) is 24.8 Å². The van der Waals surface area contributed by atoms with Gasteiger partial charge in [-0.25, -0.2) is 9.59 Å². The zero-order valence-electron chi connectivity index (χ0n) is 16.1. The Bertz CT molecular complexity index is 441. The highest BCUT2D eigenvalue weighted by atomic mass is 16.5. The first-order valence-corrected chi connectivity index (χ1v) is 7.99. The molecular weight excluding hydrogens is 344 g/mol. The topological polar surface area (TPSA) is 134 Å². The molecule has 0 spiro atoms. The van der Waals surface area contributed by atoms with Crippen LogP contribution in [-0.2, 0) is 19.1 Å². The van der Waals surface area contributed by atoms with Gasteiger partial charge in [-0.15, -0.1) is 0 Å². The third-order valence-electron chi connectivity index (χ3n) is 3.33. The number of carbonyl (C=O) groups is 2. The molecule has 8 nitrogen and oxygen atoms in total. The van der Waals surface area contributed by atoms with Gasteiger partial charge in [-0.1, -0.05) is 27.0 Å². The molecule has 26 heavy (non-hydrogen) atoms. The average molecular weight is 376 g/mol. The Hall–Kier alpha value is -1.74. The number of carbonyl (C=O) groups excluding carboxylic acids is 2. The molecule has 0 aliphatic carbocycles. The largest absolute Gasteiger partial charge is 0.462 e. The summed E-state index contributed by atoms with van der Waals surface area (Å²) < 4.78 is 9.88. The number of rotatable bonds is 10. The highest BCUT2D eigenvalue weighted by molar-refractivity contribution is 5.87. The molecule has 0 unspecified atom stereocenters. The van der Waals surface area contributed by atoms with Crippen LogP contribution in [0.3, 0.4) is 0 Å². The van der Waals surface area contributed by atoms with Crippen molar-refractivity contribution in [2.45, 2.75) is 27.7 Å². The molecule has 0 fully saturated rings. The second kappa shape index (κ2) is 12.6. The van der Waals surface area contributed by atoms with Gasteiger partial charge < -0.3 is 29.9 Å². The summed E-state index contributed by atoms with van der Waals surface area (Å²) in [7, 11) is 0. The SMILES string of the molecule is C=C(C)C(=O)OCC(C)(CO)COC(=O)C(=C)C.CC(CO)(CO)CO. The van der Waals surface area contributed by atoms with Gasteiger partial charge in [0.25, 0.3) is 0 Å². The van der Waals surface area contributed by atoms with Crippen molar-refractivity contribution in [3.8, 4) is 0 Å². The smallest absolute Gasteiger partial charge is 0.333 e.